The maximum atomic E-state index is 4.40. The maximum Gasteiger partial charge on any atom is 0.0712 e. The minimum Gasteiger partial charge on any atom is -0.256 e. The lowest BCUT2D eigenvalue weighted by Gasteiger charge is -2.03. The molecule has 0 aliphatic rings. The Labute approximate surface area is 97.3 Å². The summed E-state index contributed by atoms with van der Waals surface area (Å²) in [7, 11) is 0. The Bertz CT molecular complexity index is 434. The standard InChI is InChI=1S/C12H10IN/c1-9-6-7-12(14-8-9)10-4-2-3-5-11(10)13/h2-8H,1H3. The molecular weight excluding hydrogens is 285 g/mol. The number of halogens is 1. The molecule has 0 amide bonds. The van der Waals surface area contributed by atoms with E-state index >= 15 is 0 Å². The molecule has 1 aromatic carbocycles. The minimum absolute atomic E-state index is 1.04. The highest BCUT2D eigenvalue weighted by Gasteiger charge is 2.01. The second kappa shape index (κ2) is 4.09. The van der Waals surface area contributed by atoms with Gasteiger partial charge < -0.3 is 0 Å². The number of aromatic nitrogens is 1. The molecule has 0 aliphatic heterocycles. The van der Waals surface area contributed by atoms with E-state index in [0.29, 0.717) is 0 Å². The number of nitrogens with zero attached hydrogens (tertiary/aromatic N) is 1. The van der Waals surface area contributed by atoms with Gasteiger partial charge in [0.05, 0.1) is 5.69 Å². The average Bonchev–Trinajstić information content (AvgIpc) is 2.20. The van der Waals surface area contributed by atoms with Gasteiger partial charge in [-0.1, -0.05) is 24.3 Å². The molecule has 0 unspecified atom stereocenters. The van der Waals surface area contributed by atoms with E-state index in [1.807, 2.05) is 25.3 Å². The van der Waals surface area contributed by atoms with Crippen molar-refractivity contribution in [3.05, 3.63) is 51.7 Å². The van der Waals surface area contributed by atoms with Gasteiger partial charge in [-0.25, -0.2) is 0 Å². The maximum absolute atomic E-state index is 4.40. The average molecular weight is 295 g/mol. The smallest absolute Gasteiger partial charge is 0.0712 e. The molecule has 1 nitrogen and oxygen atoms in total. The van der Waals surface area contributed by atoms with Crippen LogP contribution in [0.25, 0.3) is 11.3 Å². The third-order valence-electron chi connectivity index (χ3n) is 2.06. The van der Waals surface area contributed by atoms with Gasteiger partial charge in [-0.05, 0) is 47.2 Å². The second-order valence-corrected chi connectivity index (χ2v) is 4.36. The van der Waals surface area contributed by atoms with Crippen molar-refractivity contribution in [1.29, 1.82) is 0 Å². The van der Waals surface area contributed by atoms with E-state index in [2.05, 4.69) is 51.8 Å². The van der Waals surface area contributed by atoms with Gasteiger partial charge in [-0.2, -0.15) is 0 Å². The van der Waals surface area contributed by atoms with Gasteiger partial charge in [-0.15, -0.1) is 0 Å². The van der Waals surface area contributed by atoms with E-state index < -0.39 is 0 Å². The molecule has 0 saturated carbocycles. The largest absolute Gasteiger partial charge is 0.256 e. The zero-order valence-electron chi connectivity index (χ0n) is 7.87. The Balaban J connectivity index is 2.50. The lowest BCUT2D eigenvalue weighted by atomic mass is 10.1. The first-order chi connectivity index (χ1) is 6.77. The number of rotatable bonds is 1. The van der Waals surface area contributed by atoms with Crippen LogP contribution in [0.2, 0.25) is 0 Å². The summed E-state index contributed by atoms with van der Waals surface area (Å²) in [6.45, 7) is 2.05. The summed E-state index contributed by atoms with van der Waals surface area (Å²) in [5.74, 6) is 0. The SMILES string of the molecule is Cc1ccc(-c2ccccc2I)nc1. The van der Waals surface area contributed by atoms with Crippen molar-refractivity contribution in [2.75, 3.05) is 0 Å². The molecule has 0 radical (unpaired) electrons. The fourth-order valence-electron chi connectivity index (χ4n) is 1.30. The molecule has 0 atom stereocenters. The first kappa shape index (κ1) is 9.65. The van der Waals surface area contributed by atoms with Crippen LogP contribution in [0, 0.1) is 10.5 Å². The molecule has 2 rings (SSSR count). The summed E-state index contributed by atoms with van der Waals surface area (Å²) in [6, 6.07) is 12.4. The van der Waals surface area contributed by atoms with Crippen molar-refractivity contribution in [1.82, 2.24) is 4.98 Å². The number of pyridine rings is 1. The van der Waals surface area contributed by atoms with E-state index in [4.69, 9.17) is 0 Å². The molecule has 0 aliphatic carbocycles. The first-order valence-electron chi connectivity index (χ1n) is 4.45. The summed E-state index contributed by atoms with van der Waals surface area (Å²) in [5, 5.41) is 0. The zero-order valence-corrected chi connectivity index (χ0v) is 10.0. The summed E-state index contributed by atoms with van der Waals surface area (Å²) in [6.07, 6.45) is 1.90. The lowest BCUT2D eigenvalue weighted by molar-refractivity contribution is 1.27. The third kappa shape index (κ3) is 1.95. The molecule has 1 aromatic heterocycles. The zero-order chi connectivity index (χ0) is 9.97. The van der Waals surface area contributed by atoms with E-state index in [1.165, 1.54) is 14.7 Å². The van der Waals surface area contributed by atoms with Crippen molar-refractivity contribution in [3.63, 3.8) is 0 Å². The van der Waals surface area contributed by atoms with Crippen molar-refractivity contribution < 1.29 is 0 Å². The van der Waals surface area contributed by atoms with Gasteiger partial charge in [0.2, 0.25) is 0 Å². The van der Waals surface area contributed by atoms with Crippen LogP contribution in [-0.4, -0.2) is 4.98 Å². The van der Waals surface area contributed by atoms with Crippen molar-refractivity contribution in [2.45, 2.75) is 6.92 Å². The molecule has 0 spiro atoms. The normalized spacial score (nSPS) is 10.1. The first-order valence-corrected chi connectivity index (χ1v) is 5.53. The minimum atomic E-state index is 1.04. The van der Waals surface area contributed by atoms with Crippen molar-refractivity contribution in [3.8, 4) is 11.3 Å². The van der Waals surface area contributed by atoms with E-state index in [0.717, 1.165) is 5.69 Å². The van der Waals surface area contributed by atoms with Crippen LogP contribution in [-0.2, 0) is 0 Å². The number of hydrogen-bond donors (Lipinski definition) is 0. The third-order valence-corrected chi connectivity index (χ3v) is 3.00. The monoisotopic (exact) mass is 295 g/mol. The van der Waals surface area contributed by atoms with Gasteiger partial charge in [0.25, 0.3) is 0 Å². The second-order valence-electron chi connectivity index (χ2n) is 3.20. The van der Waals surface area contributed by atoms with Crippen LogP contribution >= 0.6 is 22.6 Å². The Morgan fingerprint density at radius 2 is 1.86 bits per heavy atom. The van der Waals surface area contributed by atoms with Gasteiger partial charge >= 0.3 is 0 Å². The highest BCUT2D eigenvalue weighted by atomic mass is 127. The molecule has 0 fully saturated rings. The lowest BCUT2D eigenvalue weighted by Crippen LogP contribution is -1.86. The topological polar surface area (TPSA) is 12.9 Å². The van der Waals surface area contributed by atoms with Crippen molar-refractivity contribution >= 4 is 22.6 Å². The molecule has 70 valence electrons. The predicted octanol–water partition coefficient (Wildman–Crippen LogP) is 3.66. The van der Waals surface area contributed by atoms with Gasteiger partial charge in [0.15, 0.2) is 0 Å². The molecule has 2 aromatic rings. The molecule has 2 heteroatoms. The fourth-order valence-corrected chi connectivity index (χ4v) is 1.96. The Morgan fingerprint density at radius 1 is 1.07 bits per heavy atom. The Kier molecular flexibility index (Phi) is 2.82. The van der Waals surface area contributed by atoms with Gasteiger partial charge in [0, 0.05) is 15.3 Å². The quantitative estimate of drug-likeness (QED) is 0.732. The highest BCUT2D eigenvalue weighted by molar-refractivity contribution is 14.1. The number of benzene rings is 1. The molecule has 0 bridgehead atoms. The summed E-state index contributed by atoms with van der Waals surface area (Å²) in [4.78, 5) is 4.40. The molecule has 0 N–H and O–H groups in total. The molecule has 0 saturated heterocycles. The molecule has 1 heterocycles. The fraction of sp³-hybridized carbons (Fsp3) is 0.0833. The summed E-state index contributed by atoms with van der Waals surface area (Å²) < 4.78 is 1.24. The summed E-state index contributed by atoms with van der Waals surface area (Å²) >= 11 is 2.33. The Morgan fingerprint density at radius 3 is 2.50 bits per heavy atom. The Hall–Kier alpha value is -0.900. The van der Waals surface area contributed by atoms with Crippen LogP contribution < -0.4 is 0 Å². The highest BCUT2D eigenvalue weighted by Crippen LogP contribution is 2.22. The van der Waals surface area contributed by atoms with E-state index in [1.54, 1.807) is 0 Å². The van der Waals surface area contributed by atoms with E-state index in [-0.39, 0.29) is 0 Å². The van der Waals surface area contributed by atoms with Crippen LogP contribution in [0.5, 0.6) is 0 Å². The van der Waals surface area contributed by atoms with Crippen molar-refractivity contribution in [2.24, 2.45) is 0 Å². The molecule has 14 heavy (non-hydrogen) atoms. The van der Waals surface area contributed by atoms with Gasteiger partial charge in [-0.3, -0.25) is 4.98 Å². The van der Waals surface area contributed by atoms with E-state index in [9.17, 15) is 0 Å². The van der Waals surface area contributed by atoms with Crippen LogP contribution in [0.15, 0.2) is 42.6 Å². The predicted molar refractivity (Wildman–Crippen MR) is 67.1 cm³/mol. The molecular formula is C12H10IN. The van der Waals surface area contributed by atoms with Gasteiger partial charge in [0.1, 0.15) is 0 Å². The van der Waals surface area contributed by atoms with Crippen LogP contribution in [0.4, 0.5) is 0 Å². The summed E-state index contributed by atoms with van der Waals surface area (Å²) in [5.41, 5.74) is 3.44. The van der Waals surface area contributed by atoms with Crippen LogP contribution in [0.1, 0.15) is 5.56 Å². The number of aryl methyl sites for hydroxylation is 1. The van der Waals surface area contributed by atoms with Crippen LogP contribution in [0.3, 0.4) is 0 Å². The number of hydrogen-bond acceptors (Lipinski definition) is 1.